The minimum Gasteiger partial charge on any atom is -0.485 e. The van der Waals surface area contributed by atoms with Crippen LogP contribution in [0.25, 0.3) is 0 Å². The molecular formula is C14H17ClN4O. The normalized spacial score (nSPS) is 17.8. The van der Waals surface area contributed by atoms with E-state index in [-0.39, 0.29) is 6.10 Å². The summed E-state index contributed by atoms with van der Waals surface area (Å²) >= 11 is 6.23. The maximum Gasteiger partial charge on any atom is 0.161 e. The molecule has 20 heavy (non-hydrogen) atoms. The third-order valence-electron chi connectivity index (χ3n) is 3.43. The first kappa shape index (κ1) is 13.2. The molecule has 1 atom stereocenters. The largest absolute Gasteiger partial charge is 0.485 e. The molecule has 0 spiro atoms. The summed E-state index contributed by atoms with van der Waals surface area (Å²) in [6, 6.07) is 5.84. The van der Waals surface area contributed by atoms with Crippen LogP contribution in [0.1, 0.15) is 19.5 Å². The molecule has 0 saturated carbocycles. The first-order valence-corrected chi connectivity index (χ1v) is 7.14. The van der Waals surface area contributed by atoms with Gasteiger partial charge in [-0.05, 0) is 26.0 Å². The SMILES string of the molecule is CCn1nncc1CN1C[C@H](C)Oc2c(Cl)cccc21. The van der Waals surface area contributed by atoms with E-state index >= 15 is 0 Å². The number of para-hydroxylation sites is 1. The molecule has 0 aliphatic carbocycles. The second kappa shape index (κ2) is 5.32. The molecule has 0 saturated heterocycles. The zero-order valence-corrected chi connectivity index (χ0v) is 12.3. The molecule has 1 aliphatic heterocycles. The Morgan fingerprint density at radius 1 is 1.45 bits per heavy atom. The molecule has 2 heterocycles. The molecule has 6 heteroatoms. The fourth-order valence-electron chi connectivity index (χ4n) is 2.52. The number of aryl methyl sites for hydroxylation is 1. The van der Waals surface area contributed by atoms with Gasteiger partial charge < -0.3 is 9.64 Å². The van der Waals surface area contributed by atoms with E-state index in [4.69, 9.17) is 16.3 Å². The molecule has 0 bridgehead atoms. The highest BCUT2D eigenvalue weighted by molar-refractivity contribution is 6.32. The predicted molar refractivity (Wildman–Crippen MR) is 78.3 cm³/mol. The van der Waals surface area contributed by atoms with E-state index < -0.39 is 0 Å². The van der Waals surface area contributed by atoms with E-state index in [0.29, 0.717) is 5.02 Å². The van der Waals surface area contributed by atoms with Crippen LogP contribution >= 0.6 is 11.6 Å². The third kappa shape index (κ3) is 2.33. The van der Waals surface area contributed by atoms with Crippen LogP contribution in [0.5, 0.6) is 5.75 Å². The zero-order valence-electron chi connectivity index (χ0n) is 11.6. The van der Waals surface area contributed by atoms with E-state index in [9.17, 15) is 0 Å². The summed E-state index contributed by atoms with van der Waals surface area (Å²) in [6.45, 7) is 6.50. The highest BCUT2D eigenvalue weighted by Crippen LogP contribution is 2.39. The second-order valence-electron chi connectivity index (χ2n) is 4.94. The van der Waals surface area contributed by atoms with Gasteiger partial charge in [0, 0.05) is 6.54 Å². The van der Waals surface area contributed by atoms with Crippen molar-refractivity contribution < 1.29 is 4.74 Å². The highest BCUT2D eigenvalue weighted by Gasteiger charge is 2.25. The third-order valence-corrected chi connectivity index (χ3v) is 3.73. The molecule has 3 rings (SSSR count). The van der Waals surface area contributed by atoms with Gasteiger partial charge in [-0.1, -0.05) is 22.9 Å². The Hall–Kier alpha value is -1.75. The summed E-state index contributed by atoms with van der Waals surface area (Å²) in [7, 11) is 0. The van der Waals surface area contributed by atoms with E-state index in [1.165, 1.54) is 0 Å². The van der Waals surface area contributed by atoms with E-state index in [1.807, 2.05) is 29.1 Å². The van der Waals surface area contributed by atoms with Crippen molar-refractivity contribution in [1.29, 1.82) is 0 Å². The van der Waals surface area contributed by atoms with Gasteiger partial charge in [-0.15, -0.1) is 5.10 Å². The maximum absolute atomic E-state index is 6.23. The smallest absolute Gasteiger partial charge is 0.161 e. The standard InChI is InChI=1S/C14H17ClN4O/c1-3-19-11(7-16-17-19)9-18-8-10(2)20-14-12(15)5-4-6-13(14)18/h4-7,10H,3,8-9H2,1-2H3/t10-/m0/s1. The molecule has 0 fully saturated rings. The molecule has 0 radical (unpaired) electrons. The van der Waals surface area contributed by atoms with Gasteiger partial charge in [0.25, 0.3) is 0 Å². The predicted octanol–water partition coefficient (Wildman–Crippen LogP) is 2.74. The topological polar surface area (TPSA) is 43.2 Å². The van der Waals surface area contributed by atoms with Crippen molar-refractivity contribution in [3.8, 4) is 5.75 Å². The number of rotatable bonds is 3. The van der Waals surface area contributed by atoms with Gasteiger partial charge in [-0.2, -0.15) is 0 Å². The summed E-state index contributed by atoms with van der Waals surface area (Å²) in [6.07, 6.45) is 1.92. The van der Waals surface area contributed by atoms with Crippen molar-refractivity contribution >= 4 is 17.3 Å². The van der Waals surface area contributed by atoms with Crippen molar-refractivity contribution in [3.63, 3.8) is 0 Å². The quantitative estimate of drug-likeness (QED) is 0.872. The zero-order chi connectivity index (χ0) is 14.1. The van der Waals surface area contributed by atoms with Crippen LogP contribution in [0.3, 0.4) is 0 Å². The molecule has 1 aromatic heterocycles. The van der Waals surface area contributed by atoms with Gasteiger partial charge in [0.2, 0.25) is 0 Å². The Morgan fingerprint density at radius 3 is 3.10 bits per heavy atom. The number of hydrogen-bond donors (Lipinski definition) is 0. The van der Waals surface area contributed by atoms with Gasteiger partial charge >= 0.3 is 0 Å². The van der Waals surface area contributed by atoms with Crippen LogP contribution < -0.4 is 9.64 Å². The molecule has 1 aliphatic rings. The van der Waals surface area contributed by atoms with Gasteiger partial charge in [0.05, 0.1) is 35.7 Å². The Kier molecular flexibility index (Phi) is 3.53. The van der Waals surface area contributed by atoms with E-state index in [1.54, 1.807) is 0 Å². The summed E-state index contributed by atoms with van der Waals surface area (Å²) in [5.41, 5.74) is 2.12. The van der Waals surface area contributed by atoms with Crippen LogP contribution in [0.4, 0.5) is 5.69 Å². The Balaban J connectivity index is 1.93. The molecule has 0 amide bonds. The number of anilines is 1. The molecule has 106 valence electrons. The first-order valence-electron chi connectivity index (χ1n) is 6.76. The fourth-order valence-corrected chi connectivity index (χ4v) is 2.74. The lowest BCUT2D eigenvalue weighted by atomic mass is 10.2. The summed E-state index contributed by atoms with van der Waals surface area (Å²) < 4.78 is 7.76. The summed E-state index contributed by atoms with van der Waals surface area (Å²) in [5.74, 6) is 0.767. The average molecular weight is 293 g/mol. The molecule has 0 unspecified atom stereocenters. The fraction of sp³-hybridized carbons (Fsp3) is 0.429. The maximum atomic E-state index is 6.23. The second-order valence-corrected chi connectivity index (χ2v) is 5.35. The number of fused-ring (bicyclic) bond motifs is 1. The highest BCUT2D eigenvalue weighted by atomic mass is 35.5. The van der Waals surface area contributed by atoms with Crippen LogP contribution in [-0.4, -0.2) is 27.6 Å². The van der Waals surface area contributed by atoms with Crippen molar-refractivity contribution in [3.05, 3.63) is 35.1 Å². The minimum atomic E-state index is 0.105. The first-order chi connectivity index (χ1) is 9.69. The molecule has 5 nitrogen and oxygen atoms in total. The van der Waals surface area contributed by atoms with Crippen LogP contribution in [-0.2, 0) is 13.1 Å². The average Bonchev–Trinajstić information content (AvgIpc) is 2.87. The number of ether oxygens (including phenoxy) is 1. The molecule has 0 N–H and O–H groups in total. The van der Waals surface area contributed by atoms with E-state index in [2.05, 4.69) is 29.1 Å². The Morgan fingerprint density at radius 2 is 2.30 bits per heavy atom. The lowest BCUT2D eigenvalue weighted by Crippen LogP contribution is -2.38. The number of hydrogen-bond acceptors (Lipinski definition) is 4. The van der Waals surface area contributed by atoms with Crippen LogP contribution in [0.2, 0.25) is 5.02 Å². The van der Waals surface area contributed by atoms with E-state index in [0.717, 1.165) is 36.8 Å². The van der Waals surface area contributed by atoms with Gasteiger partial charge in [-0.3, -0.25) is 0 Å². The Bertz CT molecular complexity index is 613. The van der Waals surface area contributed by atoms with Gasteiger partial charge in [0.15, 0.2) is 5.75 Å². The molecule has 2 aromatic rings. The van der Waals surface area contributed by atoms with Crippen molar-refractivity contribution in [1.82, 2.24) is 15.0 Å². The van der Waals surface area contributed by atoms with Crippen molar-refractivity contribution in [2.24, 2.45) is 0 Å². The van der Waals surface area contributed by atoms with Crippen LogP contribution in [0, 0.1) is 0 Å². The lowest BCUT2D eigenvalue weighted by molar-refractivity contribution is 0.212. The number of nitrogens with zero attached hydrogens (tertiary/aromatic N) is 4. The van der Waals surface area contributed by atoms with Gasteiger partial charge in [0.1, 0.15) is 6.10 Å². The monoisotopic (exact) mass is 292 g/mol. The van der Waals surface area contributed by atoms with Crippen molar-refractivity contribution in [2.45, 2.75) is 33.0 Å². The van der Waals surface area contributed by atoms with Gasteiger partial charge in [-0.25, -0.2) is 4.68 Å². The lowest BCUT2D eigenvalue weighted by Gasteiger charge is -2.35. The summed E-state index contributed by atoms with van der Waals surface area (Å²) in [4.78, 5) is 2.26. The Labute approximate surface area is 123 Å². The van der Waals surface area contributed by atoms with Crippen LogP contribution in [0.15, 0.2) is 24.4 Å². The minimum absolute atomic E-state index is 0.105. The summed E-state index contributed by atoms with van der Waals surface area (Å²) in [5, 5.41) is 8.71. The number of aromatic nitrogens is 3. The number of halogens is 1. The molecular weight excluding hydrogens is 276 g/mol. The van der Waals surface area contributed by atoms with Crippen molar-refractivity contribution in [2.75, 3.05) is 11.4 Å². The number of benzene rings is 1. The molecule has 1 aromatic carbocycles.